The lowest BCUT2D eigenvalue weighted by molar-refractivity contribution is 0.190. The van der Waals surface area contributed by atoms with E-state index in [1.807, 2.05) is 0 Å². The van der Waals surface area contributed by atoms with Gasteiger partial charge in [-0.2, -0.15) is 0 Å². The van der Waals surface area contributed by atoms with Crippen LogP contribution in [0, 0.1) is 5.92 Å². The molecule has 2 saturated heterocycles. The standard InChI is InChI=1S/C14H21N3/c15-11-14(16-13-4-2-1-3-5-13)7-9-17-8-6-12(14)10-17/h1-5,12,16H,6-11,15H2. The van der Waals surface area contributed by atoms with Crippen molar-refractivity contribution in [1.29, 1.82) is 0 Å². The summed E-state index contributed by atoms with van der Waals surface area (Å²) in [5, 5.41) is 3.72. The summed E-state index contributed by atoms with van der Waals surface area (Å²) in [6, 6.07) is 10.5. The SMILES string of the molecule is NCC1(Nc2ccccc2)CCN2CCC1C2. The van der Waals surface area contributed by atoms with Crippen LogP contribution >= 0.6 is 0 Å². The molecular formula is C14H21N3. The molecule has 2 fully saturated rings. The van der Waals surface area contributed by atoms with Gasteiger partial charge in [-0.3, -0.25) is 0 Å². The molecule has 1 aromatic rings. The molecule has 17 heavy (non-hydrogen) atoms. The Kier molecular flexibility index (Phi) is 2.81. The van der Waals surface area contributed by atoms with E-state index >= 15 is 0 Å². The summed E-state index contributed by atoms with van der Waals surface area (Å²) < 4.78 is 0. The Morgan fingerprint density at radius 2 is 2.12 bits per heavy atom. The van der Waals surface area contributed by atoms with E-state index in [4.69, 9.17) is 5.73 Å². The van der Waals surface area contributed by atoms with E-state index < -0.39 is 0 Å². The first-order valence-corrected chi connectivity index (χ1v) is 6.58. The molecule has 3 N–H and O–H groups in total. The molecule has 2 aliphatic rings. The molecule has 0 radical (unpaired) electrons. The van der Waals surface area contributed by atoms with Gasteiger partial charge in [-0.15, -0.1) is 0 Å². The molecule has 3 unspecified atom stereocenters. The number of piperidine rings is 1. The maximum atomic E-state index is 6.09. The second kappa shape index (κ2) is 4.31. The van der Waals surface area contributed by atoms with Gasteiger partial charge in [0, 0.05) is 25.3 Å². The number of nitrogens with two attached hydrogens (primary N) is 1. The fraction of sp³-hybridized carbons (Fsp3) is 0.571. The molecule has 2 bridgehead atoms. The van der Waals surface area contributed by atoms with Crippen LogP contribution in [0.5, 0.6) is 0 Å². The minimum Gasteiger partial charge on any atom is -0.378 e. The van der Waals surface area contributed by atoms with Crippen molar-refractivity contribution in [2.24, 2.45) is 11.7 Å². The first-order chi connectivity index (χ1) is 8.32. The van der Waals surface area contributed by atoms with Crippen molar-refractivity contribution < 1.29 is 0 Å². The van der Waals surface area contributed by atoms with Crippen LogP contribution in [0.15, 0.2) is 30.3 Å². The van der Waals surface area contributed by atoms with E-state index in [-0.39, 0.29) is 5.54 Å². The summed E-state index contributed by atoms with van der Waals surface area (Å²) in [4.78, 5) is 2.56. The van der Waals surface area contributed by atoms with Gasteiger partial charge in [0.1, 0.15) is 0 Å². The molecule has 0 saturated carbocycles. The summed E-state index contributed by atoms with van der Waals surface area (Å²) in [6.07, 6.45) is 2.46. The second-order valence-electron chi connectivity index (χ2n) is 5.39. The molecule has 0 spiro atoms. The Morgan fingerprint density at radius 1 is 1.29 bits per heavy atom. The fourth-order valence-corrected chi connectivity index (χ4v) is 3.34. The molecular weight excluding hydrogens is 210 g/mol. The lowest BCUT2D eigenvalue weighted by Gasteiger charge is -2.43. The predicted octanol–water partition coefficient (Wildman–Crippen LogP) is 1.52. The largest absolute Gasteiger partial charge is 0.378 e. The zero-order valence-electron chi connectivity index (χ0n) is 10.2. The molecule has 0 aliphatic carbocycles. The van der Waals surface area contributed by atoms with Crippen molar-refractivity contribution in [2.45, 2.75) is 18.4 Å². The average Bonchev–Trinajstić information content (AvgIpc) is 2.79. The van der Waals surface area contributed by atoms with E-state index in [9.17, 15) is 0 Å². The molecule has 2 heterocycles. The zero-order valence-corrected chi connectivity index (χ0v) is 10.2. The molecule has 3 nitrogen and oxygen atoms in total. The Bertz CT molecular complexity index is 378. The van der Waals surface area contributed by atoms with Crippen molar-refractivity contribution >= 4 is 5.69 Å². The number of hydrogen-bond acceptors (Lipinski definition) is 3. The number of nitrogens with one attached hydrogen (secondary N) is 1. The van der Waals surface area contributed by atoms with Crippen LogP contribution in [0.2, 0.25) is 0 Å². The maximum Gasteiger partial charge on any atom is 0.0548 e. The van der Waals surface area contributed by atoms with Gasteiger partial charge < -0.3 is 16.0 Å². The van der Waals surface area contributed by atoms with Gasteiger partial charge >= 0.3 is 0 Å². The van der Waals surface area contributed by atoms with E-state index in [1.165, 1.54) is 38.2 Å². The van der Waals surface area contributed by atoms with Crippen molar-refractivity contribution in [1.82, 2.24) is 4.90 Å². The minimum atomic E-state index is 0.119. The number of hydrogen-bond donors (Lipinski definition) is 2. The predicted molar refractivity (Wildman–Crippen MR) is 71.0 cm³/mol. The Hall–Kier alpha value is -1.06. The quantitative estimate of drug-likeness (QED) is 0.829. The summed E-state index contributed by atoms with van der Waals surface area (Å²) in [6.45, 7) is 4.40. The highest BCUT2D eigenvalue weighted by Gasteiger charge is 2.45. The van der Waals surface area contributed by atoms with Crippen LogP contribution in [-0.2, 0) is 0 Å². The number of para-hydroxylation sites is 1. The normalized spacial score (nSPS) is 35.8. The zero-order chi connectivity index (χ0) is 11.7. The second-order valence-corrected chi connectivity index (χ2v) is 5.39. The molecule has 3 atom stereocenters. The van der Waals surface area contributed by atoms with Crippen molar-refractivity contribution in [2.75, 3.05) is 31.5 Å². The van der Waals surface area contributed by atoms with Crippen LogP contribution in [0.3, 0.4) is 0 Å². The van der Waals surface area contributed by atoms with E-state index in [1.54, 1.807) is 0 Å². The third kappa shape index (κ3) is 1.94. The van der Waals surface area contributed by atoms with Crippen LogP contribution < -0.4 is 11.1 Å². The lowest BCUT2D eigenvalue weighted by atomic mass is 9.78. The highest BCUT2D eigenvalue weighted by atomic mass is 15.2. The third-order valence-electron chi connectivity index (χ3n) is 4.46. The Balaban J connectivity index is 1.82. The number of nitrogens with zero attached hydrogens (tertiary/aromatic N) is 1. The van der Waals surface area contributed by atoms with Crippen LogP contribution in [0.1, 0.15) is 12.8 Å². The summed E-state index contributed by atoms with van der Waals surface area (Å²) in [5.41, 5.74) is 7.42. The van der Waals surface area contributed by atoms with Crippen LogP contribution in [0.4, 0.5) is 5.69 Å². The summed E-state index contributed by atoms with van der Waals surface area (Å²) in [5.74, 6) is 0.710. The smallest absolute Gasteiger partial charge is 0.0548 e. The average molecular weight is 231 g/mol. The Morgan fingerprint density at radius 3 is 2.88 bits per heavy atom. The molecule has 92 valence electrons. The number of rotatable bonds is 3. The van der Waals surface area contributed by atoms with E-state index in [2.05, 4.69) is 40.5 Å². The lowest BCUT2D eigenvalue weighted by Crippen LogP contribution is -2.56. The van der Waals surface area contributed by atoms with Gasteiger partial charge in [0.2, 0.25) is 0 Å². The molecule has 2 aliphatic heterocycles. The van der Waals surface area contributed by atoms with Crippen LogP contribution in [-0.4, -0.2) is 36.6 Å². The summed E-state index contributed by atoms with van der Waals surface area (Å²) in [7, 11) is 0. The van der Waals surface area contributed by atoms with Gasteiger partial charge in [-0.05, 0) is 37.4 Å². The molecule has 1 aromatic carbocycles. The van der Waals surface area contributed by atoms with Gasteiger partial charge in [0.15, 0.2) is 0 Å². The number of fused-ring (bicyclic) bond motifs is 2. The van der Waals surface area contributed by atoms with Gasteiger partial charge in [0.05, 0.1) is 5.54 Å². The minimum absolute atomic E-state index is 0.119. The highest BCUT2D eigenvalue weighted by Crippen LogP contribution is 2.37. The van der Waals surface area contributed by atoms with E-state index in [0.29, 0.717) is 5.92 Å². The van der Waals surface area contributed by atoms with E-state index in [0.717, 1.165) is 6.54 Å². The summed E-state index contributed by atoms with van der Waals surface area (Å²) >= 11 is 0. The fourth-order valence-electron chi connectivity index (χ4n) is 3.34. The maximum absolute atomic E-state index is 6.09. The highest BCUT2D eigenvalue weighted by molar-refractivity contribution is 5.46. The van der Waals surface area contributed by atoms with Crippen LogP contribution in [0.25, 0.3) is 0 Å². The first kappa shape index (κ1) is 11.1. The van der Waals surface area contributed by atoms with Gasteiger partial charge in [-0.25, -0.2) is 0 Å². The topological polar surface area (TPSA) is 41.3 Å². The molecule has 0 amide bonds. The first-order valence-electron chi connectivity index (χ1n) is 6.58. The monoisotopic (exact) mass is 231 g/mol. The van der Waals surface area contributed by atoms with Gasteiger partial charge in [0.25, 0.3) is 0 Å². The van der Waals surface area contributed by atoms with Crippen molar-refractivity contribution in [3.05, 3.63) is 30.3 Å². The number of benzene rings is 1. The molecule has 3 rings (SSSR count). The number of anilines is 1. The Labute approximate surface area is 103 Å². The molecule has 0 aromatic heterocycles. The van der Waals surface area contributed by atoms with Crippen molar-refractivity contribution in [3.63, 3.8) is 0 Å². The third-order valence-corrected chi connectivity index (χ3v) is 4.46. The van der Waals surface area contributed by atoms with Gasteiger partial charge in [-0.1, -0.05) is 18.2 Å². The molecule has 3 heteroatoms. The van der Waals surface area contributed by atoms with Crippen molar-refractivity contribution in [3.8, 4) is 0 Å².